The second kappa shape index (κ2) is 6.86. The highest BCUT2D eigenvalue weighted by Crippen LogP contribution is 2.11. The number of carbonyl (C=O) groups is 1. The van der Waals surface area contributed by atoms with Gasteiger partial charge in [0.25, 0.3) is 0 Å². The molecule has 0 radical (unpaired) electrons. The Labute approximate surface area is 121 Å². The van der Waals surface area contributed by atoms with Gasteiger partial charge in [-0.25, -0.2) is 0 Å². The zero-order valence-electron chi connectivity index (χ0n) is 12.5. The van der Waals surface area contributed by atoms with Crippen molar-refractivity contribution in [2.24, 2.45) is 5.73 Å². The topological polar surface area (TPSA) is 49.6 Å². The van der Waals surface area contributed by atoms with Gasteiger partial charge >= 0.3 is 0 Å². The molecule has 1 aliphatic heterocycles. The first kappa shape index (κ1) is 15.0. The van der Waals surface area contributed by atoms with E-state index in [-0.39, 0.29) is 5.91 Å². The van der Waals surface area contributed by atoms with E-state index in [1.54, 1.807) is 0 Å². The van der Waals surface area contributed by atoms with Gasteiger partial charge in [0, 0.05) is 25.7 Å². The molecule has 1 aromatic carbocycles. The quantitative estimate of drug-likeness (QED) is 0.895. The van der Waals surface area contributed by atoms with E-state index in [1.807, 2.05) is 35.2 Å². The van der Waals surface area contributed by atoms with Crippen LogP contribution in [0.15, 0.2) is 30.3 Å². The first-order valence-electron chi connectivity index (χ1n) is 7.44. The average molecular weight is 275 g/mol. The largest absolute Gasteiger partial charge is 0.338 e. The maximum absolute atomic E-state index is 12.4. The molecule has 2 rings (SSSR count). The summed E-state index contributed by atoms with van der Waals surface area (Å²) < 4.78 is 0. The molecule has 2 N–H and O–H groups in total. The van der Waals surface area contributed by atoms with Crippen LogP contribution in [0.4, 0.5) is 0 Å². The molecule has 1 saturated heterocycles. The van der Waals surface area contributed by atoms with Gasteiger partial charge in [-0.2, -0.15) is 0 Å². The maximum Gasteiger partial charge on any atom is 0.239 e. The summed E-state index contributed by atoms with van der Waals surface area (Å²) in [6.45, 7) is 7.90. The maximum atomic E-state index is 12.4. The monoisotopic (exact) mass is 275 g/mol. The van der Waals surface area contributed by atoms with E-state index in [4.69, 9.17) is 5.73 Å². The summed E-state index contributed by atoms with van der Waals surface area (Å²) in [5.41, 5.74) is 7.21. The molecular weight excluding hydrogens is 250 g/mol. The Hall–Kier alpha value is -1.39. The predicted molar refractivity (Wildman–Crippen MR) is 81.4 cm³/mol. The minimum Gasteiger partial charge on any atom is -0.338 e. The summed E-state index contributed by atoms with van der Waals surface area (Å²) in [6, 6.07) is 9.96. The van der Waals surface area contributed by atoms with Crippen molar-refractivity contribution in [2.75, 3.05) is 26.2 Å². The van der Waals surface area contributed by atoms with E-state index < -0.39 is 6.04 Å². The fraction of sp³-hybridized carbons (Fsp3) is 0.562. The molecule has 1 aromatic rings. The lowest BCUT2D eigenvalue weighted by atomic mass is 10.0. The van der Waals surface area contributed by atoms with Gasteiger partial charge in [-0.15, -0.1) is 0 Å². The van der Waals surface area contributed by atoms with Gasteiger partial charge in [-0.3, -0.25) is 9.69 Å². The van der Waals surface area contributed by atoms with Crippen molar-refractivity contribution in [3.8, 4) is 0 Å². The van der Waals surface area contributed by atoms with Crippen LogP contribution in [0.1, 0.15) is 19.4 Å². The zero-order valence-corrected chi connectivity index (χ0v) is 12.5. The molecule has 0 saturated carbocycles. The molecule has 1 aliphatic rings. The third-order valence-electron chi connectivity index (χ3n) is 4.10. The molecule has 4 nitrogen and oxygen atoms in total. The van der Waals surface area contributed by atoms with Gasteiger partial charge in [-0.1, -0.05) is 37.3 Å². The summed E-state index contributed by atoms with van der Waals surface area (Å²) in [5, 5.41) is 0. The number of benzene rings is 1. The van der Waals surface area contributed by atoms with E-state index in [0.29, 0.717) is 12.5 Å². The Bertz CT molecular complexity index is 435. The Morgan fingerprint density at radius 3 is 2.65 bits per heavy atom. The number of nitrogens with two attached hydrogens (primary N) is 1. The van der Waals surface area contributed by atoms with Gasteiger partial charge in [0.1, 0.15) is 0 Å². The highest BCUT2D eigenvalue weighted by atomic mass is 16.2. The van der Waals surface area contributed by atoms with Crippen molar-refractivity contribution in [2.45, 2.75) is 32.4 Å². The molecule has 0 spiro atoms. The fourth-order valence-electron chi connectivity index (χ4n) is 2.86. The minimum atomic E-state index is -0.433. The van der Waals surface area contributed by atoms with Crippen LogP contribution in [0.25, 0.3) is 0 Å². The number of nitrogens with zero attached hydrogens (tertiary/aromatic N) is 2. The standard InChI is InChI=1S/C16H25N3O/c1-3-18-9-10-19(12-13(18)2)16(20)15(17)11-14-7-5-4-6-8-14/h4-8,13,15H,3,9-12,17H2,1-2H3/t13?,15-/m0/s1. The number of likely N-dealkylation sites (N-methyl/N-ethyl adjacent to an activating group) is 1. The summed E-state index contributed by atoms with van der Waals surface area (Å²) in [6.07, 6.45) is 0.613. The average Bonchev–Trinajstić information content (AvgIpc) is 2.47. The second-order valence-electron chi connectivity index (χ2n) is 5.56. The number of carbonyl (C=O) groups excluding carboxylic acids is 1. The van der Waals surface area contributed by atoms with Crippen LogP contribution in [0.2, 0.25) is 0 Å². The number of piperazine rings is 1. The second-order valence-corrected chi connectivity index (χ2v) is 5.56. The highest BCUT2D eigenvalue weighted by molar-refractivity contribution is 5.82. The van der Waals surface area contributed by atoms with Gasteiger partial charge in [0.2, 0.25) is 5.91 Å². The molecule has 1 heterocycles. The summed E-state index contributed by atoms with van der Waals surface area (Å²) in [5.74, 6) is 0.0801. The van der Waals surface area contributed by atoms with E-state index >= 15 is 0 Å². The normalized spacial score (nSPS) is 21.8. The third kappa shape index (κ3) is 3.58. The summed E-state index contributed by atoms with van der Waals surface area (Å²) in [4.78, 5) is 16.7. The van der Waals surface area contributed by atoms with Crippen LogP contribution in [0, 0.1) is 0 Å². The van der Waals surface area contributed by atoms with Crippen molar-refractivity contribution >= 4 is 5.91 Å². The van der Waals surface area contributed by atoms with Crippen LogP contribution in [-0.2, 0) is 11.2 Å². The fourth-order valence-corrected chi connectivity index (χ4v) is 2.86. The Balaban J connectivity index is 1.91. The lowest BCUT2D eigenvalue weighted by molar-refractivity contribution is -0.135. The molecule has 2 atom stereocenters. The van der Waals surface area contributed by atoms with Gasteiger partial charge < -0.3 is 10.6 Å². The van der Waals surface area contributed by atoms with Crippen LogP contribution in [0.5, 0.6) is 0 Å². The van der Waals surface area contributed by atoms with Gasteiger partial charge in [0.05, 0.1) is 6.04 Å². The van der Waals surface area contributed by atoms with Crippen molar-refractivity contribution in [1.82, 2.24) is 9.80 Å². The Morgan fingerprint density at radius 1 is 1.35 bits per heavy atom. The van der Waals surface area contributed by atoms with Crippen molar-refractivity contribution < 1.29 is 4.79 Å². The zero-order chi connectivity index (χ0) is 14.5. The van der Waals surface area contributed by atoms with Crippen LogP contribution in [-0.4, -0.2) is 54.0 Å². The van der Waals surface area contributed by atoms with E-state index in [9.17, 15) is 4.79 Å². The van der Waals surface area contributed by atoms with Crippen LogP contribution >= 0.6 is 0 Å². The molecular formula is C16H25N3O. The van der Waals surface area contributed by atoms with E-state index in [1.165, 1.54) is 0 Å². The predicted octanol–water partition coefficient (Wildman–Crippen LogP) is 1.11. The number of hydrogen-bond acceptors (Lipinski definition) is 3. The van der Waals surface area contributed by atoms with Gasteiger partial charge in [-0.05, 0) is 25.5 Å². The third-order valence-corrected chi connectivity index (χ3v) is 4.10. The highest BCUT2D eigenvalue weighted by Gasteiger charge is 2.28. The van der Waals surface area contributed by atoms with Crippen LogP contribution in [0.3, 0.4) is 0 Å². The van der Waals surface area contributed by atoms with Gasteiger partial charge in [0.15, 0.2) is 0 Å². The number of hydrogen-bond donors (Lipinski definition) is 1. The lowest BCUT2D eigenvalue weighted by Crippen LogP contribution is -2.56. The number of amides is 1. The first-order valence-corrected chi connectivity index (χ1v) is 7.44. The SMILES string of the molecule is CCN1CCN(C(=O)[C@@H](N)Cc2ccccc2)CC1C. The summed E-state index contributed by atoms with van der Waals surface area (Å²) in [7, 11) is 0. The van der Waals surface area contributed by atoms with Crippen molar-refractivity contribution in [3.63, 3.8) is 0 Å². The molecule has 20 heavy (non-hydrogen) atoms. The molecule has 1 fully saturated rings. The van der Waals surface area contributed by atoms with Crippen molar-refractivity contribution in [3.05, 3.63) is 35.9 Å². The molecule has 1 amide bonds. The molecule has 4 heteroatoms. The lowest BCUT2D eigenvalue weighted by Gasteiger charge is -2.40. The molecule has 0 aromatic heterocycles. The number of rotatable bonds is 4. The first-order chi connectivity index (χ1) is 9.61. The Morgan fingerprint density at radius 2 is 2.05 bits per heavy atom. The smallest absolute Gasteiger partial charge is 0.239 e. The Kier molecular flexibility index (Phi) is 5.15. The molecule has 0 aliphatic carbocycles. The molecule has 110 valence electrons. The minimum absolute atomic E-state index is 0.0801. The van der Waals surface area contributed by atoms with E-state index in [2.05, 4.69) is 18.7 Å². The molecule has 0 bridgehead atoms. The van der Waals surface area contributed by atoms with Crippen molar-refractivity contribution in [1.29, 1.82) is 0 Å². The summed E-state index contributed by atoms with van der Waals surface area (Å²) >= 11 is 0. The van der Waals surface area contributed by atoms with Crippen LogP contribution < -0.4 is 5.73 Å². The van der Waals surface area contributed by atoms with E-state index in [0.717, 1.165) is 31.7 Å². The molecule has 1 unspecified atom stereocenters.